The zero-order valence-corrected chi connectivity index (χ0v) is 19.7. The van der Waals surface area contributed by atoms with Crippen LogP contribution in [-0.4, -0.2) is 65.5 Å². The van der Waals surface area contributed by atoms with E-state index in [9.17, 15) is 24.8 Å². The van der Waals surface area contributed by atoms with Gasteiger partial charge in [0.2, 0.25) is 6.54 Å². The number of cyclic esters (lactones) is 1. The minimum Gasteiger partial charge on any atom is -0.457 e. The molecule has 2 aliphatic carbocycles. The standard InChI is InChI=1S/C24H33NO8/c1-11-8-12(2)24-15(9-18(31-5)23(28)32-21(11)14(4)26)6-7-16-19(24)20(27)13(3)17(10-25(29)30)22(16)33-24/h6-8,11,13-19,21-22,26H,9-10H2,1-5H3/b12-8-/t11-,13?,14-,15-,16-,17-,18+,19+,21+,22-,24+/m1/s1. The van der Waals surface area contributed by atoms with Crippen molar-refractivity contribution < 1.29 is 33.8 Å². The van der Waals surface area contributed by atoms with Crippen molar-refractivity contribution in [2.75, 3.05) is 13.7 Å². The van der Waals surface area contributed by atoms with Crippen LogP contribution in [0.5, 0.6) is 0 Å². The summed E-state index contributed by atoms with van der Waals surface area (Å²) in [4.78, 5) is 37.6. The molecule has 1 spiro atoms. The van der Waals surface area contributed by atoms with Crippen molar-refractivity contribution in [2.24, 2.45) is 35.5 Å². The van der Waals surface area contributed by atoms with E-state index >= 15 is 0 Å². The van der Waals surface area contributed by atoms with Gasteiger partial charge in [-0.25, -0.2) is 4.79 Å². The summed E-state index contributed by atoms with van der Waals surface area (Å²) in [5.74, 6) is -3.06. The van der Waals surface area contributed by atoms with Gasteiger partial charge in [-0.1, -0.05) is 32.1 Å². The molecule has 0 aromatic heterocycles. The Morgan fingerprint density at radius 2 is 2.03 bits per heavy atom. The second kappa shape index (κ2) is 8.60. The molecule has 9 heteroatoms. The topological polar surface area (TPSA) is 125 Å². The molecule has 1 saturated heterocycles. The number of nitro groups is 1. The summed E-state index contributed by atoms with van der Waals surface area (Å²) >= 11 is 0. The predicted molar refractivity (Wildman–Crippen MR) is 117 cm³/mol. The number of hydrogen-bond acceptors (Lipinski definition) is 8. The maximum absolute atomic E-state index is 13.7. The third kappa shape index (κ3) is 3.65. The van der Waals surface area contributed by atoms with E-state index in [1.807, 2.05) is 32.1 Å². The lowest BCUT2D eigenvalue weighted by molar-refractivity contribution is -0.492. The highest BCUT2D eigenvalue weighted by molar-refractivity contribution is 5.88. The summed E-state index contributed by atoms with van der Waals surface area (Å²) in [6.45, 7) is 6.76. The van der Waals surface area contributed by atoms with Gasteiger partial charge >= 0.3 is 5.97 Å². The first-order valence-electron chi connectivity index (χ1n) is 11.6. The molecule has 33 heavy (non-hydrogen) atoms. The smallest absolute Gasteiger partial charge is 0.335 e. The third-order valence-electron chi connectivity index (χ3n) is 8.24. The second-order valence-electron chi connectivity index (χ2n) is 10.1. The number of aliphatic hydroxyl groups excluding tert-OH is 1. The molecule has 4 bridgehead atoms. The molecule has 1 saturated carbocycles. The maximum atomic E-state index is 13.7. The number of rotatable bonds is 4. The number of aliphatic hydroxyl groups is 1. The molecule has 0 radical (unpaired) electrons. The Kier molecular flexibility index (Phi) is 6.26. The number of ketones is 1. The Morgan fingerprint density at radius 1 is 1.33 bits per heavy atom. The van der Waals surface area contributed by atoms with Crippen molar-refractivity contribution in [1.29, 1.82) is 0 Å². The molecule has 0 aromatic rings. The van der Waals surface area contributed by atoms with Crippen molar-refractivity contribution in [3.05, 3.63) is 33.9 Å². The molecular weight excluding hydrogens is 430 g/mol. The first kappa shape index (κ1) is 24.0. The van der Waals surface area contributed by atoms with Gasteiger partial charge < -0.3 is 19.3 Å². The monoisotopic (exact) mass is 463 g/mol. The van der Waals surface area contributed by atoms with E-state index in [1.54, 1.807) is 13.8 Å². The summed E-state index contributed by atoms with van der Waals surface area (Å²) in [6.07, 6.45) is 3.01. The van der Waals surface area contributed by atoms with Crippen LogP contribution >= 0.6 is 0 Å². The number of ether oxygens (including phenoxy) is 3. The molecular formula is C24H33NO8. The van der Waals surface area contributed by atoms with Crippen LogP contribution in [-0.2, 0) is 23.8 Å². The van der Waals surface area contributed by atoms with E-state index in [-0.39, 0.29) is 41.4 Å². The summed E-state index contributed by atoms with van der Waals surface area (Å²) in [6, 6.07) is 0. The molecule has 4 rings (SSSR count). The van der Waals surface area contributed by atoms with Crippen LogP contribution in [0.4, 0.5) is 0 Å². The molecule has 2 heterocycles. The Balaban J connectivity index is 1.86. The number of carbonyl (C=O) groups is 2. The van der Waals surface area contributed by atoms with Crippen LogP contribution in [0.15, 0.2) is 23.8 Å². The van der Waals surface area contributed by atoms with E-state index in [4.69, 9.17) is 14.2 Å². The number of nitrogens with zero attached hydrogens (tertiary/aromatic N) is 1. The summed E-state index contributed by atoms with van der Waals surface area (Å²) in [5.41, 5.74) is -0.199. The highest BCUT2D eigenvalue weighted by Crippen LogP contribution is 2.60. The number of carbonyl (C=O) groups excluding carboxylic acids is 2. The quantitative estimate of drug-likeness (QED) is 0.290. The maximum Gasteiger partial charge on any atom is 0.335 e. The third-order valence-corrected chi connectivity index (χ3v) is 8.24. The van der Waals surface area contributed by atoms with Crippen LogP contribution in [0.1, 0.15) is 34.1 Å². The minimum absolute atomic E-state index is 0.0315. The van der Waals surface area contributed by atoms with E-state index in [0.717, 1.165) is 5.57 Å². The van der Waals surface area contributed by atoms with E-state index in [1.165, 1.54) is 7.11 Å². The lowest BCUT2D eigenvalue weighted by Gasteiger charge is -2.45. The van der Waals surface area contributed by atoms with Gasteiger partial charge in [0, 0.05) is 35.7 Å². The Bertz CT molecular complexity index is 897. The lowest BCUT2D eigenvalue weighted by atomic mass is 9.56. The van der Waals surface area contributed by atoms with Gasteiger partial charge in [-0.3, -0.25) is 14.9 Å². The van der Waals surface area contributed by atoms with E-state index in [2.05, 4.69) is 0 Å². The first-order valence-corrected chi connectivity index (χ1v) is 11.6. The Hall–Kier alpha value is -2.10. The SMILES string of the molecule is CO[C@H]1C[C@H]2C=C[C@H]3[C@H]4O[C@]2(/C(C)=C\[C@@H](C)[C@@H]([C@@H](C)O)OC1=O)[C@@H]3C(=O)C(C)[C@H]4C[N+](=O)[O-]. The van der Waals surface area contributed by atoms with Crippen molar-refractivity contribution in [3.63, 3.8) is 0 Å². The number of methoxy groups -OCH3 is 1. The van der Waals surface area contributed by atoms with Crippen molar-refractivity contribution in [1.82, 2.24) is 0 Å². The average molecular weight is 464 g/mol. The number of esters is 1. The summed E-state index contributed by atoms with van der Waals surface area (Å²) < 4.78 is 17.9. The first-order chi connectivity index (χ1) is 15.5. The van der Waals surface area contributed by atoms with Crippen molar-refractivity contribution in [2.45, 2.75) is 64.1 Å². The second-order valence-corrected chi connectivity index (χ2v) is 10.1. The van der Waals surface area contributed by atoms with Crippen molar-refractivity contribution >= 4 is 11.8 Å². The Labute approximate surface area is 193 Å². The van der Waals surface area contributed by atoms with Crippen LogP contribution in [0, 0.1) is 45.6 Å². The zero-order valence-electron chi connectivity index (χ0n) is 19.7. The highest BCUT2D eigenvalue weighted by atomic mass is 16.6. The summed E-state index contributed by atoms with van der Waals surface area (Å²) in [7, 11) is 1.43. The summed E-state index contributed by atoms with van der Waals surface area (Å²) in [5, 5.41) is 21.7. The van der Waals surface area contributed by atoms with Crippen LogP contribution in [0.3, 0.4) is 0 Å². The fourth-order valence-electron chi connectivity index (χ4n) is 6.66. The van der Waals surface area contributed by atoms with Crippen LogP contribution in [0.2, 0.25) is 0 Å². The lowest BCUT2D eigenvalue weighted by Crippen LogP contribution is -2.54. The molecule has 11 atom stereocenters. The Morgan fingerprint density at radius 3 is 2.64 bits per heavy atom. The molecule has 4 aliphatic rings. The van der Waals surface area contributed by atoms with Gasteiger partial charge in [-0.2, -0.15) is 0 Å². The molecule has 1 unspecified atom stereocenters. The van der Waals surface area contributed by atoms with E-state index < -0.39 is 53.7 Å². The highest BCUT2D eigenvalue weighted by Gasteiger charge is 2.69. The van der Waals surface area contributed by atoms with E-state index in [0.29, 0.717) is 0 Å². The van der Waals surface area contributed by atoms with Gasteiger partial charge in [0.1, 0.15) is 17.5 Å². The molecule has 0 aromatic carbocycles. The minimum atomic E-state index is -1.02. The van der Waals surface area contributed by atoms with Gasteiger partial charge in [-0.05, 0) is 25.8 Å². The van der Waals surface area contributed by atoms with Crippen molar-refractivity contribution in [3.8, 4) is 0 Å². The molecule has 182 valence electrons. The molecule has 2 aliphatic heterocycles. The number of Topliss-reactive ketones (excluding diaryl/α,β-unsaturated/α-hetero) is 1. The van der Waals surface area contributed by atoms with Gasteiger partial charge in [0.25, 0.3) is 0 Å². The van der Waals surface area contributed by atoms with Crippen LogP contribution in [0.25, 0.3) is 0 Å². The van der Waals surface area contributed by atoms with Gasteiger partial charge in [-0.15, -0.1) is 0 Å². The normalized spacial score (nSPS) is 47.2. The van der Waals surface area contributed by atoms with Gasteiger partial charge in [0.15, 0.2) is 6.10 Å². The molecule has 9 nitrogen and oxygen atoms in total. The predicted octanol–water partition coefficient (Wildman–Crippen LogP) is 1.95. The fourth-order valence-corrected chi connectivity index (χ4v) is 6.66. The fraction of sp³-hybridized carbons (Fsp3) is 0.750. The van der Waals surface area contributed by atoms with Gasteiger partial charge in [0.05, 0.1) is 24.0 Å². The molecule has 1 N–H and O–H groups in total. The zero-order chi connectivity index (χ0) is 24.2. The number of hydrogen-bond donors (Lipinski definition) is 1. The largest absolute Gasteiger partial charge is 0.457 e. The molecule has 0 amide bonds. The molecule has 2 fully saturated rings. The van der Waals surface area contributed by atoms with Crippen LogP contribution < -0.4 is 0 Å². The average Bonchev–Trinajstić information content (AvgIpc) is 2.94.